The fourth-order valence-electron chi connectivity index (χ4n) is 1.07. The van der Waals surface area contributed by atoms with Crippen LogP contribution in [0.2, 0.25) is 0 Å². The number of ether oxygens (including phenoxy) is 1. The molecule has 1 atom stereocenters. The first kappa shape index (κ1) is 12.9. The summed E-state index contributed by atoms with van der Waals surface area (Å²) in [5.41, 5.74) is 5.05. The van der Waals surface area contributed by atoms with E-state index in [1.54, 1.807) is 0 Å². The molecule has 0 spiro atoms. The van der Waals surface area contributed by atoms with E-state index < -0.39 is 17.9 Å². The Balaban J connectivity index is 2.64. The van der Waals surface area contributed by atoms with Crippen LogP contribution in [0.5, 0.6) is 0 Å². The van der Waals surface area contributed by atoms with Gasteiger partial charge in [0.2, 0.25) is 11.5 Å². The number of hydrogen-bond donors (Lipinski definition) is 3. The van der Waals surface area contributed by atoms with E-state index in [-0.39, 0.29) is 24.5 Å². The Morgan fingerprint density at radius 2 is 2.29 bits per heavy atom. The predicted molar refractivity (Wildman–Crippen MR) is 54.1 cm³/mol. The van der Waals surface area contributed by atoms with E-state index in [4.69, 9.17) is 15.6 Å². The molecule has 0 saturated heterocycles. The van der Waals surface area contributed by atoms with Crippen LogP contribution in [0.25, 0.3) is 0 Å². The van der Waals surface area contributed by atoms with Gasteiger partial charge in [-0.1, -0.05) is 0 Å². The van der Waals surface area contributed by atoms with Crippen molar-refractivity contribution in [1.29, 1.82) is 0 Å². The van der Waals surface area contributed by atoms with Gasteiger partial charge in [-0.25, -0.2) is 9.42 Å². The molecule has 4 N–H and O–H groups in total. The third-order valence-electron chi connectivity index (χ3n) is 1.94. The van der Waals surface area contributed by atoms with Gasteiger partial charge in [0.25, 0.3) is 5.91 Å². The summed E-state index contributed by atoms with van der Waals surface area (Å²) in [5, 5.41) is 17.6. The number of nitrogens with one attached hydrogen (secondary N) is 1. The number of carboxylic acids is 1. The Bertz CT molecular complexity index is 404. The first-order valence-electron chi connectivity index (χ1n) is 4.67. The number of rotatable bonds is 6. The van der Waals surface area contributed by atoms with Crippen molar-refractivity contribution in [2.24, 2.45) is 0 Å². The van der Waals surface area contributed by atoms with Gasteiger partial charge in [-0.2, -0.15) is 0 Å². The zero-order chi connectivity index (χ0) is 12.8. The molecule has 9 heteroatoms. The molecule has 1 heterocycles. The van der Waals surface area contributed by atoms with Gasteiger partial charge in [0.1, 0.15) is 6.04 Å². The quantitative estimate of drug-likeness (QED) is 0.570. The van der Waals surface area contributed by atoms with E-state index in [9.17, 15) is 9.59 Å². The van der Waals surface area contributed by atoms with Crippen LogP contribution in [0.4, 0.5) is 5.82 Å². The molecule has 94 valence electrons. The number of carboxylic acid groups (broad SMARTS) is 1. The summed E-state index contributed by atoms with van der Waals surface area (Å²) in [6.07, 6.45) is 0.128. The molecule has 1 amide bonds. The Morgan fingerprint density at radius 3 is 2.76 bits per heavy atom. The Kier molecular flexibility index (Phi) is 4.40. The molecule has 1 aromatic rings. The van der Waals surface area contributed by atoms with Crippen LogP contribution in [-0.2, 0) is 9.53 Å². The lowest BCUT2D eigenvalue weighted by Crippen LogP contribution is -2.41. The lowest BCUT2D eigenvalue weighted by atomic mass is 10.2. The van der Waals surface area contributed by atoms with E-state index in [2.05, 4.69) is 20.3 Å². The van der Waals surface area contributed by atoms with Crippen LogP contribution < -0.4 is 11.1 Å². The number of carbonyl (C=O) groups is 2. The van der Waals surface area contributed by atoms with E-state index in [0.717, 1.165) is 0 Å². The molecule has 1 unspecified atom stereocenters. The first-order valence-corrected chi connectivity index (χ1v) is 4.67. The molecule has 0 aliphatic rings. The summed E-state index contributed by atoms with van der Waals surface area (Å²) in [6.45, 7) is 0.198. The van der Waals surface area contributed by atoms with Crippen molar-refractivity contribution in [3.8, 4) is 0 Å². The van der Waals surface area contributed by atoms with Crippen molar-refractivity contribution in [2.75, 3.05) is 19.5 Å². The molecule has 0 aromatic carbocycles. The van der Waals surface area contributed by atoms with Gasteiger partial charge in [-0.3, -0.25) is 4.79 Å². The number of nitrogen functional groups attached to an aromatic ring is 1. The van der Waals surface area contributed by atoms with Crippen molar-refractivity contribution in [3.63, 3.8) is 0 Å². The molecule has 0 aliphatic carbocycles. The van der Waals surface area contributed by atoms with E-state index in [1.807, 2.05) is 0 Å². The van der Waals surface area contributed by atoms with E-state index in [0.29, 0.717) is 0 Å². The molecule has 1 rings (SSSR count). The fourth-order valence-corrected chi connectivity index (χ4v) is 1.07. The highest BCUT2D eigenvalue weighted by molar-refractivity contribution is 5.98. The third-order valence-corrected chi connectivity index (χ3v) is 1.94. The van der Waals surface area contributed by atoms with Crippen LogP contribution in [-0.4, -0.2) is 47.1 Å². The molecular weight excluding hydrogens is 232 g/mol. The lowest BCUT2D eigenvalue weighted by Gasteiger charge is -2.12. The van der Waals surface area contributed by atoms with Crippen molar-refractivity contribution >= 4 is 17.7 Å². The average Bonchev–Trinajstić information content (AvgIpc) is 2.70. The fraction of sp³-hybridized carbons (Fsp3) is 0.500. The molecule has 1 aromatic heterocycles. The minimum Gasteiger partial charge on any atom is -0.480 e. The lowest BCUT2D eigenvalue weighted by molar-refractivity contribution is -0.139. The van der Waals surface area contributed by atoms with Gasteiger partial charge in [0.15, 0.2) is 0 Å². The van der Waals surface area contributed by atoms with Crippen LogP contribution in [0.3, 0.4) is 0 Å². The normalized spacial score (nSPS) is 12.1. The summed E-state index contributed by atoms with van der Waals surface area (Å²) < 4.78 is 8.96. The highest BCUT2D eigenvalue weighted by Gasteiger charge is 2.23. The number of nitrogens with two attached hydrogens (primary N) is 1. The van der Waals surface area contributed by atoms with Gasteiger partial charge in [0, 0.05) is 20.1 Å². The van der Waals surface area contributed by atoms with Crippen LogP contribution in [0, 0.1) is 0 Å². The molecule has 0 aliphatic heterocycles. The number of hydrogen-bond acceptors (Lipinski definition) is 7. The second-order valence-corrected chi connectivity index (χ2v) is 3.14. The van der Waals surface area contributed by atoms with Gasteiger partial charge in [-0.05, 0) is 10.3 Å². The molecule has 0 radical (unpaired) electrons. The Labute approximate surface area is 95.9 Å². The summed E-state index contributed by atoms with van der Waals surface area (Å²) in [5.74, 6) is -2.13. The molecule has 0 saturated carbocycles. The van der Waals surface area contributed by atoms with E-state index in [1.165, 1.54) is 7.11 Å². The molecule has 0 fully saturated rings. The molecule has 17 heavy (non-hydrogen) atoms. The zero-order valence-corrected chi connectivity index (χ0v) is 9.04. The summed E-state index contributed by atoms with van der Waals surface area (Å²) in [4.78, 5) is 22.4. The Hall–Kier alpha value is -2.16. The average molecular weight is 244 g/mol. The summed E-state index contributed by atoms with van der Waals surface area (Å²) >= 11 is 0. The highest BCUT2D eigenvalue weighted by Crippen LogP contribution is 2.04. The summed E-state index contributed by atoms with van der Waals surface area (Å²) in [7, 11) is 1.43. The van der Waals surface area contributed by atoms with Gasteiger partial charge < -0.3 is 20.9 Å². The Morgan fingerprint density at radius 1 is 1.59 bits per heavy atom. The molecular formula is C8H12N4O5. The van der Waals surface area contributed by atoms with Crippen molar-refractivity contribution in [1.82, 2.24) is 15.6 Å². The third kappa shape index (κ3) is 3.41. The largest absolute Gasteiger partial charge is 0.480 e. The predicted octanol–water partition coefficient (Wildman–Crippen LogP) is -1.13. The smallest absolute Gasteiger partial charge is 0.326 e. The minimum atomic E-state index is -1.18. The monoisotopic (exact) mass is 244 g/mol. The number of carbonyl (C=O) groups excluding carboxylic acids is 1. The number of aliphatic carboxylic acids is 1. The number of anilines is 1. The summed E-state index contributed by atoms with van der Waals surface area (Å²) in [6, 6.07) is -1.08. The maximum absolute atomic E-state index is 11.5. The van der Waals surface area contributed by atoms with Crippen LogP contribution >= 0.6 is 0 Å². The van der Waals surface area contributed by atoms with Gasteiger partial charge >= 0.3 is 5.97 Å². The van der Waals surface area contributed by atoms with Crippen molar-refractivity contribution in [3.05, 3.63) is 5.69 Å². The first-order chi connectivity index (χ1) is 8.06. The highest BCUT2D eigenvalue weighted by atomic mass is 16.6. The topological polar surface area (TPSA) is 141 Å². The number of nitrogens with zero attached hydrogens (tertiary/aromatic N) is 2. The SMILES string of the molecule is COCCC(NC(=O)c1nonc1N)C(=O)O. The minimum absolute atomic E-state index is 0.128. The number of methoxy groups -OCH3 is 1. The van der Waals surface area contributed by atoms with Crippen LogP contribution in [0.1, 0.15) is 16.9 Å². The molecule has 0 bridgehead atoms. The van der Waals surface area contributed by atoms with Crippen molar-refractivity contribution in [2.45, 2.75) is 12.5 Å². The maximum Gasteiger partial charge on any atom is 0.326 e. The zero-order valence-electron chi connectivity index (χ0n) is 9.04. The van der Waals surface area contributed by atoms with Crippen molar-refractivity contribution < 1.29 is 24.1 Å². The second-order valence-electron chi connectivity index (χ2n) is 3.14. The van der Waals surface area contributed by atoms with Crippen LogP contribution in [0.15, 0.2) is 4.63 Å². The van der Waals surface area contributed by atoms with E-state index >= 15 is 0 Å². The molecule has 9 nitrogen and oxygen atoms in total. The standard InChI is InChI=1S/C8H12N4O5/c1-16-3-2-4(8(14)15)10-7(13)5-6(9)12-17-11-5/h4H,2-3H2,1H3,(H2,9,12)(H,10,13)(H,14,15). The number of aromatic nitrogens is 2. The maximum atomic E-state index is 11.5. The number of amides is 1. The van der Waals surface area contributed by atoms with Gasteiger partial charge in [0.05, 0.1) is 0 Å². The second kappa shape index (κ2) is 5.80. The van der Waals surface area contributed by atoms with Gasteiger partial charge in [-0.15, -0.1) is 0 Å².